The Bertz CT molecular complexity index is 869. The number of nitrogen functional groups attached to an aromatic ring is 1. The highest BCUT2D eigenvalue weighted by molar-refractivity contribution is 5.64. The van der Waals surface area contributed by atoms with E-state index in [0.717, 1.165) is 37.2 Å². The van der Waals surface area contributed by atoms with Crippen LogP contribution in [0.1, 0.15) is 12.8 Å². The minimum atomic E-state index is 0.263. The van der Waals surface area contributed by atoms with Crippen LogP contribution in [0.4, 0.5) is 11.5 Å². The largest absolute Gasteiger partial charge is 0.414 e. The van der Waals surface area contributed by atoms with Crippen LogP contribution in [0, 0.1) is 0 Å². The Kier molecular flexibility index (Phi) is 4.49. The average molecular weight is 351 g/mol. The van der Waals surface area contributed by atoms with Crippen molar-refractivity contribution in [1.82, 2.24) is 25.1 Å². The Hall–Kier alpha value is -3.00. The van der Waals surface area contributed by atoms with E-state index < -0.39 is 0 Å². The maximum Gasteiger partial charge on any atom is 0.270 e. The predicted octanol–water partition coefficient (Wildman–Crippen LogP) is 2.28. The zero-order chi connectivity index (χ0) is 17.9. The van der Waals surface area contributed by atoms with Gasteiger partial charge in [0.05, 0.1) is 0 Å². The lowest BCUT2D eigenvalue weighted by atomic mass is 10.0. The van der Waals surface area contributed by atoms with E-state index in [9.17, 15) is 0 Å². The van der Waals surface area contributed by atoms with Crippen LogP contribution in [0.3, 0.4) is 0 Å². The number of hydrogen-bond acceptors (Lipinski definition) is 8. The van der Waals surface area contributed by atoms with Gasteiger partial charge >= 0.3 is 0 Å². The monoisotopic (exact) mass is 351 g/mol. The van der Waals surface area contributed by atoms with Crippen molar-refractivity contribution < 1.29 is 4.42 Å². The standard InChI is InChI=1S/C18H21N7O/c1-25-10-6-14(7-11-25)22-13-4-2-12(3-5-13)17-23-24-18(26-17)15-16(19)21-9-8-20-15/h2-5,8-9,14,22H,6-7,10-11H2,1H3,(H2,19,21). The van der Waals surface area contributed by atoms with Gasteiger partial charge in [-0.1, -0.05) is 0 Å². The number of rotatable bonds is 4. The molecular formula is C18H21N7O. The summed E-state index contributed by atoms with van der Waals surface area (Å²) in [7, 11) is 2.16. The Balaban J connectivity index is 1.47. The number of aromatic nitrogens is 4. The van der Waals surface area contributed by atoms with Crippen LogP contribution in [0.25, 0.3) is 23.0 Å². The molecule has 8 nitrogen and oxygen atoms in total. The average Bonchev–Trinajstić information content (AvgIpc) is 3.14. The molecule has 1 fully saturated rings. The molecule has 0 radical (unpaired) electrons. The lowest BCUT2D eigenvalue weighted by Crippen LogP contribution is -2.36. The number of nitrogens with zero attached hydrogens (tertiary/aromatic N) is 5. The summed E-state index contributed by atoms with van der Waals surface area (Å²) in [5.41, 5.74) is 8.15. The van der Waals surface area contributed by atoms with E-state index in [1.54, 1.807) is 6.20 Å². The van der Waals surface area contributed by atoms with E-state index in [2.05, 4.69) is 37.4 Å². The Labute approximate surface area is 151 Å². The summed E-state index contributed by atoms with van der Waals surface area (Å²) >= 11 is 0. The van der Waals surface area contributed by atoms with Gasteiger partial charge in [0, 0.05) is 29.7 Å². The number of anilines is 2. The molecule has 3 aromatic rings. The lowest BCUT2D eigenvalue weighted by molar-refractivity contribution is 0.264. The van der Waals surface area contributed by atoms with E-state index in [1.807, 2.05) is 24.3 Å². The summed E-state index contributed by atoms with van der Waals surface area (Å²) in [6, 6.07) is 8.53. The molecule has 0 bridgehead atoms. The second-order valence-corrected chi connectivity index (χ2v) is 6.50. The summed E-state index contributed by atoms with van der Waals surface area (Å²) in [6.45, 7) is 2.26. The number of nitrogens with two attached hydrogens (primary N) is 1. The molecule has 0 unspecified atom stereocenters. The third-order valence-corrected chi connectivity index (χ3v) is 4.58. The van der Waals surface area contributed by atoms with Crippen LogP contribution in [-0.2, 0) is 0 Å². The van der Waals surface area contributed by atoms with E-state index in [0.29, 0.717) is 17.6 Å². The molecule has 0 saturated carbocycles. The maximum absolute atomic E-state index is 5.81. The molecule has 0 spiro atoms. The van der Waals surface area contributed by atoms with Crippen molar-refractivity contribution in [3.63, 3.8) is 0 Å². The Morgan fingerprint density at radius 2 is 1.73 bits per heavy atom. The fourth-order valence-corrected chi connectivity index (χ4v) is 3.05. The third kappa shape index (κ3) is 3.50. The van der Waals surface area contributed by atoms with E-state index >= 15 is 0 Å². The molecular weight excluding hydrogens is 330 g/mol. The predicted molar refractivity (Wildman–Crippen MR) is 99.3 cm³/mol. The topological polar surface area (TPSA) is 106 Å². The van der Waals surface area contributed by atoms with Crippen LogP contribution < -0.4 is 11.1 Å². The minimum absolute atomic E-state index is 0.263. The van der Waals surface area contributed by atoms with Crippen LogP contribution in [-0.4, -0.2) is 51.2 Å². The summed E-state index contributed by atoms with van der Waals surface area (Å²) in [6.07, 6.45) is 5.38. The second kappa shape index (κ2) is 7.09. The number of piperidine rings is 1. The Morgan fingerprint density at radius 1 is 1.04 bits per heavy atom. The first-order chi connectivity index (χ1) is 12.7. The third-order valence-electron chi connectivity index (χ3n) is 4.58. The molecule has 1 aromatic carbocycles. The van der Waals surface area contributed by atoms with E-state index in [1.165, 1.54) is 6.20 Å². The van der Waals surface area contributed by atoms with Crippen molar-refractivity contribution in [2.24, 2.45) is 0 Å². The lowest BCUT2D eigenvalue weighted by Gasteiger charge is -2.30. The normalized spacial score (nSPS) is 15.9. The summed E-state index contributed by atoms with van der Waals surface area (Å²) in [5, 5.41) is 11.7. The van der Waals surface area contributed by atoms with Crippen LogP contribution in [0.15, 0.2) is 41.1 Å². The molecule has 2 aromatic heterocycles. The molecule has 3 N–H and O–H groups in total. The SMILES string of the molecule is CN1CCC(Nc2ccc(-c3nnc(-c4nccnc4N)o3)cc2)CC1. The molecule has 8 heteroatoms. The molecule has 4 rings (SSSR count). The summed E-state index contributed by atoms with van der Waals surface area (Å²) < 4.78 is 5.71. The highest BCUT2D eigenvalue weighted by Crippen LogP contribution is 2.26. The molecule has 0 aliphatic carbocycles. The van der Waals surface area contributed by atoms with Gasteiger partial charge in [-0.25, -0.2) is 9.97 Å². The van der Waals surface area contributed by atoms with Crippen LogP contribution >= 0.6 is 0 Å². The summed E-state index contributed by atoms with van der Waals surface area (Å²) in [4.78, 5) is 10.5. The maximum atomic E-state index is 5.81. The van der Waals surface area contributed by atoms with Gasteiger partial charge < -0.3 is 20.4 Å². The quantitative estimate of drug-likeness (QED) is 0.737. The van der Waals surface area contributed by atoms with Gasteiger partial charge in [-0.05, 0) is 57.2 Å². The first-order valence-electron chi connectivity index (χ1n) is 8.65. The van der Waals surface area contributed by atoms with Crippen molar-refractivity contribution in [2.45, 2.75) is 18.9 Å². The first kappa shape index (κ1) is 16.5. The van der Waals surface area contributed by atoms with Gasteiger partial charge in [-0.15, -0.1) is 10.2 Å². The van der Waals surface area contributed by atoms with Gasteiger partial charge in [-0.2, -0.15) is 0 Å². The van der Waals surface area contributed by atoms with Gasteiger partial charge in [0.25, 0.3) is 5.89 Å². The molecule has 134 valence electrons. The van der Waals surface area contributed by atoms with Crippen LogP contribution in [0.5, 0.6) is 0 Å². The van der Waals surface area contributed by atoms with Crippen molar-refractivity contribution in [3.05, 3.63) is 36.7 Å². The second-order valence-electron chi connectivity index (χ2n) is 6.50. The molecule has 0 amide bonds. The molecule has 0 atom stereocenters. The number of benzene rings is 1. The highest BCUT2D eigenvalue weighted by atomic mass is 16.4. The molecule has 26 heavy (non-hydrogen) atoms. The molecule has 1 saturated heterocycles. The van der Waals surface area contributed by atoms with Crippen molar-refractivity contribution in [3.8, 4) is 23.0 Å². The highest BCUT2D eigenvalue weighted by Gasteiger charge is 2.17. The number of nitrogens with one attached hydrogen (secondary N) is 1. The molecule has 1 aliphatic rings. The zero-order valence-electron chi connectivity index (χ0n) is 14.6. The van der Waals surface area contributed by atoms with Gasteiger partial charge in [-0.3, -0.25) is 0 Å². The van der Waals surface area contributed by atoms with E-state index in [-0.39, 0.29) is 11.7 Å². The number of likely N-dealkylation sites (tertiary alicyclic amines) is 1. The molecule has 1 aliphatic heterocycles. The van der Waals surface area contributed by atoms with Crippen LogP contribution in [0.2, 0.25) is 0 Å². The van der Waals surface area contributed by atoms with Gasteiger partial charge in [0.2, 0.25) is 5.89 Å². The van der Waals surface area contributed by atoms with E-state index in [4.69, 9.17) is 10.2 Å². The van der Waals surface area contributed by atoms with Gasteiger partial charge in [0.15, 0.2) is 11.5 Å². The van der Waals surface area contributed by atoms with Crippen molar-refractivity contribution in [2.75, 3.05) is 31.2 Å². The first-order valence-corrected chi connectivity index (χ1v) is 8.65. The fourth-order valence-electron chi connectivity index (χ4n) is 3.05. The smallest absolute Gasteiger partial charge is 0.270 e. The molecule has 3 heterocycles. The number of hydrogen-bond donors (Lipinski definition) is 2. The minimum Gasteiger partial charge on any atom is -0.414 e. The summed E-state index contributed by atoms with van der Waals surface area (Å²) in [5.74, 6) is 0.954. The fraction of sp³-hybridized carbons (Fsp3) is 0.333. The van der Waals surface area contributed by atoms with Crippen molar-refractivity contribution in [1.29, 1.82) is 0 Å². The Morgan fingerprint density at radius 3 is 2.46 bits per heavy atom. The van der Waals surface area contributed by atoms with Crippen molar-refractivity contribution >= 4 is 11.5 Å². The van der Waals surface area contributed by atoms with Gasteiger partial charge in [0.1, 0.15) is 0 Å². The zero-order valence-corrected chi connectivity index (χ0v) is 14.6.